The Hall–Kier alpha value is -1.06. The summed E-state index contributed by atoms with van der Waals surface area (Å²) in [6, 6.07) is 8.70. The molecular weight excluding hydrogens is 224 g/mol. The lowest BCUT2D eigenvalue weighted by molar-refractivity contribution is 0.282. The summed E-state index contributed by atoms with van der Waals surface area (Å²) in [6.07, 6.45) is 5.51. The van der Waals surface area contributed by atoms with Crippen LogP contribution in [0, 0.1) is 0 Å². The van der Waals surface area contributed by atoms with Crippen LogP contribution in [0.2, 0.25) is 0 Å². The van der Waals surface area contributed by atoms with E-state index >= 15 is 0 Å². The largest absolute Gasteiger partial charge is 0.396 e. The van der Waals surface area contributed by atoms with Gasteiger partial charge in [-0.1, -0.05) is 31.0 Å². The second-order valence-electron chi connectivity index (χ2n) is 5.08. The van der Waals surface area contributed by atoms with Gasteiger partial charge >= 0.3 is 0 Å². The molecule has 0 aromatic heterocycles. The number of aliphatic hydroxyl groups is 1. The molecule has 3 N–H and O–H groups in total. The van der Waals surface area contributed by atoms with Gasteiger partial charge < -0.3 is 15.7 Å². The Labute approximate surface area is 110 Å². The highest BCUT2D eigenvalue weighted by Gasteiger charge is 2.21. The third kappa shape index (κ3) is 3.24. The number of fused-ring (bicyclic) bond motifs is 1. The maximum Gasteiger partial charge on any atom is 0.0431 e. The van der Waals surface area contributed by atoms with Crippen molar-refractivity contribution in [1.82, 2.24) is 0 Å². The van der Waals surface area contributed by atoms with E-state index in [1.54, 1.807) is 0 Å². The highest BCUT2D eigenvalue weighted by Crippen LogP contribution is 2.32. The number of para-hydroxylation sites is 1. The fourth-order valence-electron chi connectivity index (χ4n) is 2.66. The molecular formula is C15H24N2O. The third-order valence-electron chi connectivity index (χ3n) is 3.72. The smallest absolute Gasteiger partial charge is 0.0431 e. The molecule has 1 aliphatic rings. The molecule has 18 heavy (non-hydrogen) atoms. The number of rotatable bonds is 6. The van der Waals surface area contributed by atoms with E-state index in [1.165, 1.54) is 24.1 Å². The van der Waals surface area contributed by atoms with Crippen LogP contribution in [0.25, 0.3) is 0 Å². The molecule has 1 aromatic rings. The molecule has 0 bridgehead atoms. The lowest BCUT2D eigenvalue weighted by Gasteiger charge is -2.34. The van der Waals surface area contributed by atoms with E-state index in [0.29, 0.717) is 6.61 Å². The van der Waals surface area contributed by atoms with Crippen molar-refractivity contribution in [2.24, 2.45) is 5.73 Å². The van der Waals surface area contributed by atoms with Crippen LogP contribution in [0.3, 0.4) is 0 Å². The van der Waals surface area contributed by atoms with Gasteiger partial charge in [0.25, 0.3) is 0 Å². The molecule has 100 valence electrons. The molecule has 1 unspecified atom stereocenters. The quantitative estimate of drug-likeness (QED) is 0.760. The Bertz CT molecular complexity index is 367. The minimum Gasteiger partial charge on any atom is -0.396 e. The van der Waals surface area contributed by atoms with E-state index in [0.717, 1.165) is 32.4 Å². The number of unbranched alkanes of at least 4 members (excludes halogenated alkanes) is 3. The van der Waals surface area contributed by atoms with Gasteiger partial charge in [0.1, 0.15) is 0 Å². The van der Waals surface area contributed by atoms with Gasteiger partial charge in [0.05, 0.1) is 0 Å². The Morgan fingerprint density at radius 1 is 1.17 bits per heavy atom. The Kier molecular flexibility index (Phi) is 5.02. The lowest BCUT2D eigenvalue weighted by Crippen LogP contribution is -2.34. The molecule has 0 saturated heterocycles. The summed E-state index contributed by atoms with van der Waals surface area (Å²) < 4.78 is 0. The molecule has 0 radical (unpaired) electrons. The second-order valence-corrected chi connectivity index (χ2v) is 5.08. The normalized spacial score (nSPS) is 18.8. The molecule has 2 rings (SSSR count). The van der Waals surface area contributed by atoms with Gasteiger partial charge in [0.15, 0.2) is 0 Å². The van der Waals surface area contributed by atoms with E-state index in [2.05, 4.69) is 29.2 Å². The van der Waals surface area contributed by atoms with Gasteiger partial charge in [-0.2, -0.15) is 0 Å². The first kappa shape index (κ1) is 13.4. The molecule has 1 aliphatic heterocycles. The van der Waals surface area contributed by atoms with Crippen LogP contribution in [0.15, 0.2) is 24.3 Å². The van der Waals surface area contributed by atoms with Crippen LogP contribution in [0.5, 0.6) is 0 Å². The van der Waals surface area contributed by atoms with E-state index in [9.17, 15) is 0 Å². The van der Waals surface area contributed by atoms with Crippen molar-refractivity contribution >= 4 is 5.69 Å². The topological polar surface area (TPSA) is 49.5 Å². The first-order valence-corrected chi connectivity index (χ1v) is 7.03. The third-order valence-corrected chi connectivity index (χ3v) is 3.72. The minimum absolute atomic E-state index is 0.201. The lowest BCUT2D eigenvalue weighted by atomic mass is 9.97. The Morgan fingerprint density at radius 3 is 2.78 bits per heavy atom. The number of anilines is 1. The summed E-state index contributed by atoms with van der Waals surface area (Å²) in [5.74, 6) is 0. The van der Waals surface area contributed by atoms with Crippen molar-refractivity contribution in [2.45, 2.75) is 38.1 Å². The average molecular weight is 248 g/mol. The molecule has 0 aliphatic carbocycles. The van der Waals surface area contributed by atoms with Gasteiger partial charge in [0, 0.05) is 31.4 Å². The summed E-state index contributed by atoms with van der Waals surface area (Å²) >= 11 is 0. The highest BCUT2D eigenvalue weighted by molar-refractivity contribution is 5.56. The Morgan fingerprint density at radius 2 is 1.94 bits per heavy atom. The molecule has 0 spiro atoms. The number of hydrogen-bond acceptors (Lipinski definition) is 3. The summed E-state index contributed by atoms with van der Waals surface area (Å²) in [7, 11) is 0. The summed E-state index contributed by atoms with van der Waals surface area (Å²) in [4.78, 5) is 2.46. The van der Waals surface area contributed by atoms with Crippen LogP contribution in [-0.4, -0.2) is 24.8 Å². The van der Waals surface area contributed by atoms with Gasteiger partial charge in [-0.15, -0.1) is 0 Å². The fourth-order valence-corrected chi connectivity index (χ4v) is 2.66. The zero-order valence-corrected chi connectivity index (χ0v) is 11.0. The monoisotopic (exact) mass is 248 g/mol. The maximum absolute atomic E-state index is 8.75. The van der Waals surface area contributed by atoms with Crippen molar-refractivity contribution in [3.8, 4) is 0 Å². The Balaban J connectivity index is 1.89. The van der Waals surface area contributed by atoms with Crippen molar-refractivity contribution < 1.29 is 5.11 Å². The highest BCUT2D eigenvalue weighted by atomic mass is 16.2. The van der Waals surface area contributed by atoms with E-state index in [4.69, 9.17) is 10.8 Å². The minimum atomic E-state index is 0.201. The van der Waals surface area contributed by atoms with Gasteiger partial charge in [0.2, 0.25) is 0 Å². The van der Waals surface area contributed by atoms with E-state index < -0.39 is 0 Å². The summed E-state index contributed by atoms with van der Waals surface area (Å²) in [6.45, 7) is 2.49. The van der Waals surface area contributed by atoms with Crippen LogP contribution in [0.4, 0.5) is 5.69 Å². The number of nitrogens with two attached hydrogens (primary N) is 1. The number of aliphatic hydroxyl groups excluding tert-OH is 1. The predicted octanol–water partition coefficient (Wildman–Crippen LogP) is 2.45. The number of benzene rings is 1. The van der Waals surface area contributed by atoms with Crippen molar-refractivity contribution in [3.05, 3.63) is 29.8 Å². The molecule has 1 heterocycles. The number of nitrogens with zero attached hydrogens (tertiary/aromatic N) is 1. The van der Waals surface area contributed by atoms with Gasteiger partial charge in [-0.3, -0.25) is 0 Å². The van der Waals surface area contributed by atoms with Crippen LogP contribution >= 0.6 is 0 Å². The average Bonchev–Trinajstić information content (AvgIpc) is 2.41. The zero-order chi connectivity index (χ0) is 12.8. The van der Waals surface area contributed by atoms with Crippen molar-refractivity contribution in [2.75, 3.05) is 24.6 Å². The molecule has 1 atom stereocenters. The molecule has 3 nitrogen and oxygen atoms in total. The summed E-state index contributed by atoms with van der Waals surface area (Å²) in [5, 5.41) is 8.75. The van der Waals surface area contributed by atoms with Crippen molar-refractivity contribution in [3.63, 3.8) is 0 Å². The standard InChI is InChI=1S/C15H24N2O/c16-14-9-11-17(10-5-1-2-6-12-18)15-8-4-3-7-13(14)15/h3-4,7-8,14,18H,1-2,5-6,9-12,16H2. The van der Waals surface area contributed by atoms with Crippen molar-refractivity contribution in [1.29, 1.82) is 0 Å². The van der Waals surface area contributed by atoms with Gasteiger partial charge in [-0.05, 0) is 30.9 Å². The van der Waals surface area contributed by atoms with Crippen LogP contribution < -0.4 is 10.6 Å². The molecule has 0 amide bonds. The summed E-state index contributed by atoms with van der Waals surface area (Å²) in [5.41, 5.74) is 8.76. The molecule has 0 fully saturated rings. The second kappa shape index (κ2) is 6.76. The van der Waals surface area contributed by atoms with E-state index in [-0.39, 0.29) is 6.04 Å². The first-order chi connectivity index (χ1) is 8.83. The molecule has 0 saturated carbocycles. The SMILES string of the molecule is NC1CCN(CCCCCCO)c2ccccc21. The predicted molar refractivity (Wildman–Crippen MR) is 75.8 cm³/mol. The maximum atomic E-state index is 8.75. The fraction of sp³-hybridized carbons (Fsp3) is 0.600. The van der Waals surface area contributed by atoms with Gasteiger partial charge in [-0.25, -0.2) is 0 Å². The molecule has 3 heteroatoms. The van der Waals surface area contributed by atoms with Crippen LogP contribution in [0.1, 0.15) is 43.7 Å². The van der Waals surface area contributed by atoms with E-state index in [1.807, 2.05) is 0 Å². The van der Waals surface area contributed by atoms with Crippen LogP contribution in [-0.2, 0) is 0 Å². The zero-order valence-electron chi connectivity index (χ0n) is 11.0. The number of hydrogen-bond donors (Lipinski definition) is 2. The first-order valence-electron chi connectivity index (χ1n) is 7.03. The molecule has 1 aromatic carbocycles.